The Bertz CT molecular complexity index is 1650. The van der Waals surface area contributed by atoms with E-state index in [9.17, 15) is 5.11 Å². The lowest BCUT2D eigenvalue weighted by Gasteiger charge is -2.19. The summed E-state index contributed by atoms with van der Waals surface area (Å²) in [5, 5.41) is 18.5. The molecule has 3 heterocycles. The largest absolute Gasteiger partial charge is 0.365 e. The van der Waals surface area contributed by atoms with Gasteiger partial charge in [0.2, 0.25) is 0 Å². The van der Waals surface area contributed by atoms with Crippen molar-refractivity contribution in [2.75, 3.05) is 5.32 Å². The van der Waals surface area contributed by atoms with Crippen LogP contribution in [0.5, 0.6) is 0 Å². The normalized spacial score (nSPS) is 18.7. The predicted octanol–water partition coefficient (Wildman–Crippen LogP) is 7.38. The second-order valence-corrected chi connectivity index (χ2v) is 11.0. The molecule has 1 aliphatic heterocycles. The maximum atomic E-state index is 11.2. The number of fused-ring (bicyclic) bond motifs is 1. The molecule has 2 atom stereocenters. The second kappa shape index (κ2) is 9.74. The molecule has 1 unspecified atom stereocenters. The van der Waals surface area contributed by atoms with E-state index in [4.69, 9.17) is 21.4 Å². The monoisotopic (exact) mass is 536 g/mol. The molecule has 0 saturated carbocycles. The highest BCUT2D eigenvalue weighted by Crippen LogP contribution is 2.48. The van der Waals surface area contributed by atoms with Gasteiger partial charge in [0.15, 0.2) is 0 Å². The lowest BCUT2D eigenvalue weighted by Crippen LogP contribution is -2.31. The SMILES string of the molecule is CC(C)(C)N1O[C@@]1(O)c1cncc(-c2c(Cl)nc(NCc3ccccc3)c3c(-c4ccccc4)cccc23)c1. The van der Waals surface area contributed by atoms with Gasteiger partial charge in [-0.05, 0) is 48.9 Å². The van der Waals surface area contributed by atoms with Crippen LogP contribution in [0.1, 0.15) is 31.9 Å². The summed E-state index contributed by atoms with van der Waals surface area (Å²) in [5.41, 5.74) is 4.90. The lowest BCUT2D eigenvalue weighted by atomic mass is 9.94. The summed E-state index contributed by atoms with van der Waals surface area (Å²) in [6, 6.07) is 28.5. The van der Waals surface area contributed by atoms with Crippen LogP contribution in [0.25, 0.3) is 33.0 Å². The molecule has 0 aliphatic carbocycles. The van der Waals surface area contributed by atoms with Crippen LogP contribution >= 0.6 is 11.6 Å². The highest BCUT2D eigenvalue weighted by molar-refractivity contribution is 6.34. The molecular weight excluding hydrogens is 508 g/mol. The number of nitrogens with one attached hydrogen (secondary N) is 1. The molecule has 39 heavy (non-hydrogen) atoms. The number of rotatable bonds is 6. The maximum Gasteiger partial charge on any atom is 0.297 e. The van der Waals surface area contributed by atoms with Crippen molar-refractivity contribution in [3.05, 3.63) is 114 Å². The van der Waals surface area contributed by atoms with Gasteiger partial charge in [0, 0.05) is 41.0 Å². The van der Waals surface area contributed by atoms with Gasteiger partial charge >= 0.3 is 0 Å². The average Bonchev–Trinajstić information content (AvgIpc) is 3.66. The van der Waals surface area contributed by atoms with E-state index in [1.54, 1.807) is 17.5 Å². The Kier molecular flexibility index (Phi) is 6.36. The molecule has 5 aromatic rings. The van der Waals surface area contributed by atoms with Crippen LogP contribution in [-0.4, -0.2) is 25.7 Å². The van der Waals surface area contributed by atoms with E-state index in [0.717, 1.165) is 38.6 Å². The Morgan fingerprint density at radius 3 is 2.33 bits per heavy atom. The molecule has 0 spiro atoms. The number of benzene rings is 3. The zero-order chi connectivity index (χ0) is 27.2. The smallest absolute Gasteiger partial charge is 0.297 e. The first kappa shape index (κ1) is 25.5. The molecule has 0 radical (unpaired) electrons. The van der Waals surface area contributed by atoms with Gasteiger partial charge in [-0.3, -0.25) is 4.98 Å². The number of pyridine rings is 2. The first-order chi connectivity index (χ1) is 18.8. The predicted molar refractivity (Wildman–Crippen MR) is 156 cm³/mol. The summed E-state index contributed by atoms with van der Waals surface area (Å²) in [6.07, 6.45) is 3.36. The number of halogens is 1. The van der Waals surface area contributed by atoms with Crippen molar-refractivity contribution in [3.63, 3.8) is 0 Å². The van der Waals surface area contributed by atoms with E-state index in [0.29, 0.717) is 23.1 Å². The van der Waals surface area contributed by atoms with Gasteiger partial charge in [0.05, 0.1) is 5.56 Å². The minimum atomic E-state index is -1.54. The Labute approximate surface area is 232 Å². The molecule has 3 aromatic carbocycles. The van der Waals surface area contributed by atoms with Crippen molar-refractivity contribution in [1.82, 2.24) is 15.0 Å². The molecule has 1 saturated heterocycles. The first-order valence-electron chi connectivity index (χ1n) is 12.9. The molecule has 0 bridgehead atoms. The van der Waals surface area contributed by atoms with Crippen LogP contribution in [0.2, 0.25) is 5.15 Å². The van der Waals surface area contributed by atoms with E-state index < -0.39 is 5.91 Å². The molecule has 0 amide bonds. The number of hydrogen-bond donors (Lipinski definition) is 2. The number of aliphatic hydroxyl groups is 1. The average molecular weight is 537 g/mol. The van der Waals surface area contributed by atoms with Crippen LogP contribution in [0.4, 0.5) is 5.82 Å². The number of nitrogens with zero attached hydrogens (tertiary/aromatic N) is 3. The zero-order valence-electron chi connectivity index (χ0n) is 22.0. The molecule has 7 heteroatoms. The summed E-state index contributed by atoms with van der Waals surface area (Å²) >= 11 is 6.92. The summed E-state index contributed by atoms with van der Waals surface area (Å²) in [4.78, 5) is 14.9. The summed E-state index contributed by atoms with van der Waals surface area (Å²) in [5.74, 6) is -0.835. The maximum absolute atomic E-state index is 11.2. The van der Waals surface area contributed by atoms with Gasteiger partial charge in [-0.1, -0.05) is 90.5 Å². The van der Waals surface area contributed by atoms with Gasteiger partial charge in [-0.25, -0.2) is 9.82 Å². The second-order valence-electron chi connectivity index (χ2n) is 10.7. The van der Waals surface area contributed by atoms with E-state index in [-0.39, 0.29) is 5.54 Å². The van der Waals surface area contributed by atoms with Crippen molar-refractivity contribution < 1.29 is 9.94 Å². The van der Waals surface area contributed by atoms with Crippen molar-refractivity contribution in [2.24, 2.45) is 0 Å². The van der Waals surface area contributed by atoms with Gasteiger partial charge in [-0.2, -0.15) is 0 Å². The van der Waals surface area contributed by atoms with Crippen LogP contribution < -0.4 is 5.32 Å². The zero-order valence-corrected chi connectivity index (χ0v) is 22.8. The number of hydrogen-bond acceptors (Lipinski definition) is 6. The van der Waals surface area contributed by atoms with E-state index in [1.807, 2.05) is 69.3 Å². The molecule has 2 aromatic heterocycles. The number of aromatic nitrogens is 2. The van der Waals surface area contributed by atoms with E-state index in [2.05, 4.69) is 46.7 Å². The van der Waals surface area contributed by atoms with E-state index in [1.165, 1.54) is 0 Å². The third-order valence-electron chi connectivity index (χ3n) is 6.85. The topological polar surface area (TPSA) is 73.6 Å². The summed E-state index contributed by atoms with van der Waals surface area (Å²) in [6.45, 7) is 6.53. The fourth-order valence-corrected chi connectivity index (χ4v) is 5.30. The highest BCUT2D eigenvalue weighted by atomic mass is 35.5. The Morgan fingerprint density at radius 1 is 0.923 bits per heavy atom. The third-order valence-corrected chi connectivity index (χ3v) is 7.12. The third kappa shape index (κ3) is 4.77. The van der Waals surface area contributed by atoms with Gasteiger partial charge in [0.1, 0.15) is 11.0 Å². The Balaban J connectivity index is 1.51. The number of hydroxylamine groups is 2. The first-order valence-corrected chi connectivity index (χ1v) is 13.3. The van der Waals surface area contributed by atoms with Crippen molar-refractivity contribution >= 4 is 28.2 Å². The lowest BCUT2D eigenvalue weighted by molar-refractivity contribution is 0.0296. The van der Waals surface area contributed by atoms with E-state index >= 15 is 0 Å². The number of anilines is 1. The van der Waals surface area contributed by atoms with Gasteiger partial charge in [-0.15, -0.1) is 5.06 Å². The molecule has 2 N–H and O–H groups in total. The molecule has 196 valence electrons. The highest BCUT2D eigenvalue weighted by Gasteiger charge is 2.61. The molecule has 6 rings (SSSR count). The van der Waals surface area contributed by atoms with Crippen molar-refractivity contribution in [2.45, 2.75) is 38.8 Å². The van der Waals surface area contributed by atoms with Gasteiger partial charge < -0.3 is 10.4 Å². The van der Waals surface area contributed by atoms with Crippen LogP contribution in [0, 0.1) is 0 Å². The quantitative estimate of drug-likeness (QED) is 0.174. The molecule has 1 fully saturated rings. The molecular formula is C32H29ClN4O2. The summed E-state index contributed by atoms with van der Waals surface area (Å²) < 4.78 is 0. The Hall–Kier alpha value is -3.81. The van der Waals surface area contributed by atoms with Crippen LogP contribution in [0.3, 0.4) is 0 Å². The summed E-state index contributed by atoms with van der Waals surface area (Å²) in [7, 11) is 0. The van der Waals surface area contributed by atoms with Crippen LogP contribution in [0.15, 0.2) is 97.3 Å². The minimum absolute atomic E-state index is 0.346. The Morgan fingerprint density at radius 2 is 1.64 bits per heavy atom. The van der Waals surface area contributed by atoms with Gasteiger partial charge in [0.25, 0.3) is 5.91 Å². The fourth-order valence-electron chi connectivity index (χ4n) is 5.00. The minimum Gasteiger partial charge on any atom is -0.365 e. The van der Waals surface area contributed by atoms with Crippen molar-refractivity contribution in [1.29, 1.82) is 0 Å². The molecule has 1 aliphatic rings. The molecule has 6 nitrogen and oxygen atoms in total. The standard InChI is InChI=1S/C32H29ClN4O2/c1-31(2,3)37-32(38,39-37)24-17-23(19-34-20-24)27-26-16-10-15-25(22-13-8-5-9-14-22)28(26)30(36-29(27)33)35-18-21-11-6-4-7-12-21/h4-17,19-20,38H,18H2,1-3H3,(H,35,36)/t32-,37?/m0/s1. The fraction of sp³-hybridized carbons (Fsp3) is 0.188. The van der Waals surface area contributed by atoms with Crippen molar-refractivity contribution in [3.8, 4) is 22.3 Å². The van der Waals surface area contributed by atoms with Crippen LogP contribution in [-0.2, 0) is 17.3 Å².